The Labute approximate surface area is 136 Å². The van der Waals surface area contributed by atoms with E-state index >= 15 is 0 Å². The molecule has 0 saturated carbocycles. The van der Waals surface area contributed by atoms with Crippen LogP contribution in [0.25, 0.3) is 0 Å². The zero-order valence-corrected chi connectivity index (χ0v) is 13.9. The van der Waals surface area contributed by atoms with Gasteiger partial charge >= 0.3 is 0 Å². The predicted octanol–water partition coefficient (Wildman–Crippen LogP) is 0.845. The Morgan fingerprint density at radius 3 is 2.87 bits per heavy atom. The Kier molecular flexibility index (Phi) is 7.79. The van der Waals surface area contributed by atoms with Gasteiger partial charge in [0.15, 0.2) is 5.82 Å². The first kappa shape index (κ1) is 18.7. The lowest BCUT2D eigenvalue weighted by atomic mass is 10.3. The molecular weight excluding hydrogens is 298 g/mol. The highest BCUT2D eigenvalue weighted by Gasteiger charge is 2.18. The molecule has 1 aromatic rings. The number of nitrogens with one attached hydrogen (secondary N) is 1. The Bertz CT molecular complexity index is 539. The first-order chi connectivity index (χ1) is 11.0. The molecule has 1 heterocycles. The maximum absolute atomic E-state index is 12.5. The summed E-state index contributed by atoms with van der Waals surface area (Å²) in [5.74, 6) is 0.0260. The molecule has 8 heteroatoms. The van der Waals surface area contributed by atoms with Gasteiger partial charge in [-0.05, 0) is 20.3 Å². The summed E-state index contributed by atoms with van der Waals surface area (Å²) in [6.07, 6.45) is 6.07. The van der Waals surface area contributed by atoms with Gasteiger partial charge in [-0.25, -0.2) is 4.98 Å². The third kappa shape index (κ3) is 6.50. The first-order valence-electron chi connectivity index (χ1n) is 7.73. The van der Waals surface area contributed by atoms with Crippen molar-refractivity contribution >= 4 is 18.0 Å². The van der Waals surface area contributed by atoms with E-state index in [0.717, 1.165) is 19.1 Å². The number of carbonyl (C=O) groups is 2. The third-order valence-electron chi connectivity index (χ3n) is 3.14. The van der Waals surface area contributed by atoms with Crippen molar-refractivity contribution in [2.75, 3.05) is 13.1 Å². The number of imidazole rings is 1. The van der Waals surface area contributed by atoms with E-state index in [9.17, 15) is 9.59 Å². The molecule has 0 spiro atoms. The number of amides is 2. The fourth-order valence-corrected chi connectivity index (χ4v) is 2.06. The molecule has 8 nitrogen and oxygen atoms in total. The monoisotopic (exact) mass is 323 g/mol. The van der Waals surface area contributed by atoms with Crippen LogP contribution in [-0.2, 0) is 16.1 Å². The molecule has 2 N–H and O–H groups in total. The van der Waals surface area contributed by atoms with Gasteiger partial charge in [0.1, 0.15) is 12.8 Å². The molecule has 2 amide bonds. The standard InChI is InChI=1S/C15H25N5O3/c1-4-5-7-20(10-14(21)18-12(2)3)15(22)11-19-8-6-16-13(19)9-17-23/h6,8-9,12,23H,4-5,7,10-11H2,1-3H3,(H,18,21)/b17-9+. The molecule has 0 saturated heterocycles. The van der Waals surface area contributed by atoms with Gasteiger partial charge in [0.25, 0.3) is 0 Å². The number of oxime groups is 1. The van der Waals surface area contributed by atoms with Crippen molar-refractivity contribution in [2.24, 2.45) is 5.16 Å². The van der Waals surface area contributed by atoms with E-state index in [1.807, 2.05) is 20.8 Å². The quantitative estimate of drug-likeness (QED) is 0.399. The van der Waals surface area contributed by atoms with Crippen LogP contribution in [0.1, 0.15) is 39.4 Å². The lowest BCUT2D eigenvalue weighted by Crippen LogP contribution is -2.44. The summed E-state index contributed by atoms with van der Waals surface area (Å²) in [6, 6.07) is 0.0339. The molecule has 0 bridgehead atoms. The normalized spacial score (nSPS) is 11.1. The fourth-order valence-electron chi connectivity index (χ4n) is 2.06. The Hall–Kier alpha value is -2.38. The summed E-state index contributed by atoms with van der Waals surface area (Å²) < 4.78 is 1.57. The van der Waals surface area contributed by atoms with E-state index in [0.29, 0.717) is 12.4 Å². The molecule has 0 aliphatic rings. The Morgan fingerprint density at radius 1 is 1.52 bits per heavy atom. The van der Waals surface area contributed by atoms with Gasteiger partial charge < -0.3 is 20.0 Å². The fraction of sp³-hybridized carbons (Fsp3) is 0.600. The van der Waals surface area contributed by atoms with Crippen LogP contribution in [0.2, 0.25) is 0 Å². The van der Waals surface area contributed by atoms with Crippen molar-refractivity contribution in [1.29, 1.82) is 0 Å². The third-order valence-corrected chi connectivity index (χ3v) is 3.14. The minimum absolute atomic E-state index is 0.0339. The summed E-state index contributed by atoms with van der Waals surface area (Å²) in [5.41, 5.74) is 0. The van der Waals surface area contributed by atoms with E-state index in [4.69, 9.17) is 5.21 Å². The van der Waals surface area contributed by atoms with Gasteiger partial charge in [-0.15, -0.1) is 0 Å². The highest BCUT2D eigenvalue weighted by molar-refractivity contribution is 5.85. The molecule has 0 atom stereocenters. The van der Waals surface area contributed by atoms with Gasteiger partial charge in [-0.1, -0.05) is 18.5 Å². The number of hydrogen-bond donors (Lipinski definition) is 2. The number of nitrogens with zero attached hydrogens (tertiary/aromatic N) is 4. The van der Waals surface area contributed by atoms with Crippen molar-refractivity contribution in [3.05, 3.63) is 18.2 Å². The zero-order valence-electron chi connectivity index (χ0n) is 13.9. The molecule has 23 heavy (non-hydrogen) atoms. The largest absolute Gasteiger partial charge is 0.411 e. The van der Waals surface area contributed by atoms with E-state index in [2.05, 4.69) is 15.5 Å². The van der Waals surface area contributed by atoms with Crippen LogP contribution < -0.4 is 5.32 Å². The first-order valence-corrected chi connectivity index (χ1v) is 7.73. The van der Waals surface area contributed by atoms with Crippen LogP contribution in [0.3, 0.4) is 0 Å². The van der Waals surface area contributed by atoms with Crippen LogP contribution in [0.5, 0.6) is 0 Å². The number of aromatic nitrogens is 2. The minimum atomic E-state index is -0.178. The second-order valence-corrected chi connectivity index (χ2v) is 5.55. The highest BCUT2D eigenvalue weighted by Crippen LogP contribution is 2.01. The Balaban J connectivity index is 2.74. The Morgan fingerprint density at radius 2 is 2.26 bits per heavy atom. The van der Waals surface area contributed by atoms with Crippen molar-refractivity contribution in [1.82, 2.24) is 19.8 Å². The molecule has 0 aliphatic heterocycles. The van der Waals surface area contributed by atoms with Crippen LogP contribution in [0, 0.1) is 0 Å². The molecule has 0 aliphatic carbocycles. The summed E-state index contributed by atoms with van der Waals surface area (Å²) >= 11 is 0. The molecular formula is C15H25N5O3. The zero-order chi connectivity index (χ0) is 17.2. The maximum atomic E-state index is 12.5. The molecule has 1 rings (SSSR count). The van der Waals surface area contributed by atoms with Crippen molar-refractivity contribution in [3.63, 3.8) is 0 Å². The van der Waals surface area contributed by atoms with Gasteiger partial charge in [-0.3, -0.25) is 9.59 Å². The lowest BCUT2D eigenvalue weighted by Gasteiger charge is -2.23. The van der Waals surface area contributed by atoms with Gasteiger partial charge in [0.2, 0.25) is 11.8 Å². The number of rotatable bonds is 9. The van der Waals surface area contributed by atoms with Gasteiger partial charge in [0.05, 0.1) is 6.54 Å². The second kappa shape index (κ2) is 9.60. The SMILES string of the molecule is CCCCN(CC(=O)NC(C)C)C(=O)Cn1ccnc1/C=N/O. The number of unbranched alkanes of at least 4 members (excludes halogenated alkanes) is 1. The van der Waals surface area contributed by atoms with Crippen molar-refractivity contribution < 1.29 is 14.8 Å². The predicted molar refractivity (Wildman–Crippen MR) is 86.4 cm³/mol. The minimum Gasteiger partial charge on any atom is -0.411 e. The summed E-state index contributed by atoms with van der Waals surface area (Å²) in [7, 11) is 0. The molecule has 128 valence electrons. The lowest BCUT2D eigenvalue weighted by molar-refractivity contribution is -0.136. The summed E-state index contributed by atoms with van der Waals surface area (Å²) in [6.45, 7) is 6.39. The van der Waals surface area contributed by atoms with Crippen molar-refractivity contribution in [2.45, 2.75) is 46.2 Å². The molecule has 0 fully saturated rings. The topological polar surface area (TPSA) is 99.8 Å². The van der Waals surface area contributed by atoms with Crippen LogP contribution in [0.4, 0.5) is 0 Å². The maximum Gasteiger partial charge on any atom is 0.243 e. The number of carbonyl (C=O) groups excluding carboxylic acids is 2. The van der Waals surface area contributed by atoms with Crippen LogP contribution in [-0.4, -0.2) is 56.8 Å². The van der Waals surface area contributed by atoms with E-state index in [-0.39, 0.29) is 30.9 Å². The van der Waals surface area contributed by atoms with E-state index in [1.165, 1.54) is 6.20 Å². The second-order valence-electron chi connectivity index (χ2n) is 5.55. The molecule has 1 aromatic heterocycles. The van der Waals surface area contributed by atoms with E-state index in [1.54, 1.807) is 15.7 Å². The smallest absolute Gasteiger partial charge is 0.243 e. The average Bonchev–Trinajstić information content (AvgIpc) is 2.90. The van der Waals surface area contributed by atoms with Crippen molar-refractivity contribution in [3.8, 4) is 0 Å². The summed E-state index contributed by atoms with van der Waals surface area (Å²) in [4.78, 5) is 29.9. The van der Waals surface area contributed by atoms with E-state index < -0.39 is 0 Å². The van der Waals surface area contributed by atoms with Gasteiger partial charge in [0, 0.05) is 25.0 Å². The molecule has 0 unspecified atom stereocenters. The summed E-state index contributed by atoms with van der Waals surface area (Å²) in [5, 5.41) is 14.3. The molecule has 0 aromatic carbocycles. The van der Waals surface area contributed by atoms with Crippen LogP contribution in [0.15, 0.2) is 17.5 Å². The van der Waals surface area contributed by atoms with Gasteiger partial charge in [-0.2, -0.15) is 0 Å². The molecule has 0 radical (unpaired) electrons. The highest BCUT2D eigenvalue weighted by atomic mass is 16.4. The van der Waals surface area contributed by atoms with Crippen LogP contribution >= 0.6 is 0 Å². The number of hydrogen-bond acceptors (Lipinski definition) is 5. The average molecular weight is 323 g/mol.